The summed E-state index contributed by atoms with van der Waals surface area (Å²) in [5.41, 5.74) is 2.96. The molecule has 30 heavy (non-hydrogen) atoms. The quantitative estimate of drug-likeness (QED) is 0.558. The molecule has 1 aliphatic rings. The number of methoxy groups -OCH3 is 1. The molecule has 2 aromatic rings. The van der Waals surface area contributed by atoms with Gasteiger partial charge in [0, 0.05) is 29.8 Å². The third kappa shape index (κ3) is 4.93. The maximum absolute atomic E-state index is 12.4. The number of nitrogens with zero attached hydrogens (tertiary/aromatic N) is 1. The molecule has 9 nitrogen and oxygen atoms in total. The van der Waals surface area contributed by atoms with E-state index in [1.807, 2.05) is 6.92 Å². The number of hydrogen-bond donors (Lipinski definition) is 4. The maximum atomic E-state index is 12.4. The lowest BCUT2D eigenvalue weighted by molar-refractivity contribution is -0.115. The number of benzene rings is 1. The van der Waals surface area contributed by atoms with Gasteiger partial charge in [-0.05, 0) is 29.8 Å². The third-order valence-corrected chi connectivity index (χ3v) is 4.68. The van der Waals surface area contributed by atoms with Crippen molar-refractivity contribution in [1.82, 2.24) is 10.3 Å². The number of amides is 3. The molecule has 1 unspecified atom stereocenters. The summed E-state index contributed by atoms with van der Waals surface area (Å²) in [5.74, 6) is -0.463. The molecule has 0 radical (unpaired) electrons. The number of pyridine rings is 1. The van der Waals surface area contributed by atoms with Crippen molar-refractivity contribution in [2.75, 3.05) is 17.7 Å². The maximum Gasteiger partial charge on any atom is 0.411 e. The lowest BCUT2D eigenvalue weighted by Crippen LogP contribution is -2.31. The molecule has 0 spiro atoms. The summed E-state index contributed by atoms with van der Waals surface area (Å²) in [6, 6.07) is 8.05. The fraction of sp³-hybridized carbons (Fsp3) is 0.238. The van der Waals surface area contributed by atoms with E-state index in [2.05, 4.69) is 25.7 Å². The molecule has 0 fully saturated rings. The first-order valence-electron chi connectivity index (χ1n) is 9.28. The number of nitrogens with one attached hydrogen (secondary N) is 3. The van der Waals surface area contributed by atoms with E-state index < -0.39 is 18.2 Å². The lowest BCUT2D eigenvalue weighted by Gasteiger charge is -2.22. The molecule has 4 N–H and O–H groups in total. The van der Waals surface area contributed by atoms with Crippen LogP contribution in [0.15, 0.2) is 48.7 Å². The summed E-state index contributed by atoms with van der Waals surface area (Å²) in [4.78, 5) is 39.6. The van der Waals surface area contributed by atoms with Crippen LogP contribution in [0.1, 0.15) is 25.1 Å². The Kier molecular flexibility index (Phi) is 6.31. The Hall–Kier alpha value is -3.88. The van der Waals surface area contributed by atoms with E-state index in [9.17, 15) is 19.5 Å². The zero-order valence-electron chi connectivity index (χ0n) is 16.5. The minimum atomic E-state index is -1.16. The van der Waals surface area contributed by atoms with Gasteiger partial charge in [-0.3, -0.25) is 15.1 Å². The molecule has 1 aromatic carbocycles. The summed E-state index contributed by atoms with van der Waals surface area (Å²) in [6.45, 7) is 1.85. The Morgan fingerprint density at radius 1 is 1.27 bits per heavy atom. The van der Waals surface area contributed by atoms with E-state index in [-0.39, 0.29) is 18.2 Å². The smallest absolute Gasteiger partial charge is 0.411 e. The van der Waals surface area contributed by atoms with E-state index in [0.717, 1.165) is 5.56 Å². The molecule has 9 heteroatoms. The SMILES string of the molecule is COC(=O)Nc1ccc2c(c1)NC(=O)C/C=C/C(C)[C@H](NC(=O)O)c1cc-2ccn1. The molecular formula is C21H22N4O5. The first-order chi connectivity index (χ1) is 14.4. The molecule has 2 heterocycles. The van der Waals surface area contributed by atoms with Gasteiger partial charge in [0.1, 0.15) is 0 Å². The highest BCUT2D eigenvalue weighted by Crippen LogP contribution is 2.33. The van der Waals surface area contributed by atoms with Gasteiger partial charge in [-0.25, -0.2) is 9.59 Å². The van der Waals surface area contributed by atoms with Gasteiger partial charge < -0.3 is 20.5 Å². The number of carbonyl (C=O) groups excluding carboxylic acids is 2. The Bertz CT molecular complexity index is 1000. The number of carboxylic acid groups (broad SMARTS) is 1. The number of ether oxygens (including phenoxy) is 1. The number of aromatic nitrogens is 1. The van der Waals surface area contributed by atoms with Crippen molar-refractivity contribution in [3.8, 4) is 11.1 Å². The second-order valence-electron chi connectivity index (χ2n) is 6.81. The predicted molar refractivity (Wildman–Crippen MR) is 111 cm³/mol. The molecule has 2 bridgehead atoms. The van der Waals surface area contributed by atoms with Crippen molar-refractivity contribution in [3.05, 3.63) is 54.4 Å². The van der Waals surface area contributed by atoms with E-state index in [1.165, 1.54) is 7.11 Å². The van der Waals surface area contributed by atoms with Gasteiger partial charge in [0.15, 0.2) is 0 Å². The fourth-order valence-electron chi connectivity index (χ4n) is 3.24. The van der Waals surface area contributed by atoms with Crippen LogP contribution in [0.4, 0.5) is 21.0 Å². The monoisotopic (exact) mass is 410 g/mol. The van der Waals surface area contributed by atoms with E-state index in [1.54, 1.807) is 48.7 Å². The van der Waals surface area contributed by atoms with Crippen molar-refractivity contribution in [2.45, 2.75) is 19.4 Å². The second-order valence-corrected chi connectivity index (χ2v) is 6.81. The highest BCUT2D eigenvalue weighted by atomic mass is 16.5. The van der Waals surface area contributed by atoms with Gasteiger partial charge in [-0.1, -0.05) is 25.1 Å². The topological polar surface area (TPSA) is 130 Å². The van der Waals surface area contributed by atoms with E-state index in [4.69, 9.17) is 0 Å². The Labute approximate surface area is 173 Å². The van der Waals surface area contributed by atoms with Crippen LogP contribution in [0.5, 0.6) is 0 Å². The average molecular weight is 410 g/mol. The number of fused-ring (bicyclic) bond motifs is 4. The summed E-state index contributed by atoms with van der Waals surface area (Å²) >= 11 is 0. The van der Waals surface area contributed by atoms with Gasteiger partial charge in [0.25, 0.3) is 0 Å². The minimum Gasteiger partial charge on any atom is -0.465 e. The number of carbonyl (C=O) groups is 3. The van der Waals surface area contributed by atoms with E-state index >= 15 is 0 Å². The van der Waals surface area contributed by atoms with Crippen LogP contribution >= 0.6 is 0 Å². The highest BCUT2D eigenvalue weighted by Gasteiger charge is 2.22. The standard InChI is InChI=1S/C21H22N4O5/c1-12-4-3-5-18(26)24-16-11-14(23-21(29)30-2)6-7-15(16)13-8-9-22-17(10-13)19(12)25-20(27)28/h3-4,6-12,19,25H,5H2,1-2H3,(H,23,29)(H,24,26)(H,27,28)/b4-3+/t12?,19-/m0/s1. The van der Waals surface area contributed by atoms with Crippen LogP contribution in [-0.2, 0) is 9.53 Å². The van der Waals surface area contributed by atoms with Crippen LogP contribution < -0.4 is 16.0 Å². The first-order valence-corrected chi connectivity index (χ1v) is 9.28. The normalized spacial score (nSPS) is 19.2. The predicted octanol–water partition coefficient (Wildman–Crippen LogP) is 3.77. The largest absolute Gasteiger partial charge is 0.465 e. The fourth-order valence-corrected chi connectivity index (χ4v) is 3.24. The third-order valence-electron chi connectivity index (χ3n) is 4.68. The highest BCUT2D eigenvalue weighted by molar-refractivity contribution is 5.98. The summed E-state index contributed by atoms with van der Waals surface area (Å²) in [5, 5.41) is 17.2. The van der Waals surface area contributed by atoms with Crippen LogP contribution in [0, 0.1) is 5.92 Å². The Morgan fingerprint density at radius 3 is 2.80 bits per heavy atom. The van der Waals surface area contributed by atoms with Gasteiger partial charge in [-0.2, -0.15) is 0 Å². The lowest BCUT2D eigenvalue weighted by atomic mass is 9.94. The van der Waals surface area contributed by atoms with Crippen molar-refractivity contribution in [1.29, 1.82) is 0 Å². The number of hydrogen-bond acceptors (Lipinski definition) is 5. The zero-order valence-corrected chi connectivity index (χ0v) is 16.5. The van der Waals surface area contributed by atoms with Crippen LogP contribution in [-0.4, -0.2) is 35.3 Å². The van der Waals surface area contributed by atoms with Gasteiger partial charge >= 0.3 is 12.2 Å². The number of anilines is 2. The van der Waals surface area contributed by atoms with Gasteiger partial charge in [0.05, 0.1) is 24.5 Å². The van der Waals surface area contributed by atoms with Crippen LogP contribution in [0.2, 0.25) is 0 Å². The molecule has 1 aromatic heterocycles. The van der Waals surface area contributed by atoms with Crippen LogP contribution in [0.3, 0.4) is 0 Å². The van der Waals surface area contributed by atoms with Crippen LogP contribution in [0.25, 0.3) is 11.1 Å². The number of rotatable bonds is 2. The molecule has 0 saturated carbocycles. The summed E-state index contributed by atoms with van der Waals surface area (Å²) in [7, 11) is 1.26. The second kappa shape index (κ2) is 9.08. The molecule has 3 rings (SSSR count). The zero-order chi connectivity index (χ0) is 21.7. The molecule has 1 aliphatic heterocycles. The molecule has 3 amide bonds. The Morgan fingerprint density at radius 2 is 2.07 bits per heavy atom. The summed E-state index contributed by atoms with van der Waals surface area (Å²) < 4.78 is 4.61. The molecule has 2 atom stereocenters. The first kappa shape index (κ1) is 20.8. The average Bonchev–Trinajstić information content (AvgIpc) is 2.71. The van der Waals surface area contributed by atoms with Crippen molar-refractivity contribution in [2.24, 2.45) is 5.92 Å². The molecule has 156 valence electrons. The van der Waals surface area contributed by atoms with E-state index in [0.29, 0.717) is 22.6 Å². The van der Waals surface area contributed by atoms with Crippen molar-refractivity contribution >= 4 is 29.5 Å². The van der Waals surface area contributed by atoms with Crippen molar-refractivity contribution in [3.63, 3.8) is 0 Å². The summed E-state index contributed by atoms with van der Waals surface area (Å²) in [6.07, 6.45) is 3.40. The Balaban J connectivity index is 2.11. The molecular weight excluding hydrogens is 388 g/mol. The molecule has 0 aliphatic carbocycles. The van der Waals surface area contributed by atoms with Gasteiger partial charge in [0.2, 0.25) is 5.91 Å². The van der Waals surface area contributed by atoms with Gasteiger partial charge in [-0.15, -0.1) is 0 Å². The molecule has 0 saturated heterocycles. The minimum absolute atomic E-state index is 0.111. The van der Waals surface area contributed by atoms with Crippen molar-refractivity contribution < 1.29 is 24.2 Å².